The topological polar surface area (TPSA) is 143 Å². The molecule has 1 heterocycles. The number of ether oxygens (including phenoxy) is 3. The van der Waals surface area contributed by atoms with Gasteiger partial charge in [0.05, 0.1) is 16.8 Å². The molecule has 0 bridgehead atoms. The average molecular weight is 667 g/mol. The molecule has 40 heavy (non-hydrogen) atoms. The van der Waals surface area contributed by atoms with E-state index in [-0.39, 0.29) is 18.9 Å². The molecule has 3 N–H and O–H groups in total. The summed E-state index contributed by atoms with van der Waals surface area (Å²) in [5, 5.41) is 15.0. The van der Waals surface area contributed by atoms with Gasteiger partial charge in [0.1, 0.15) is 23.6 Å². The summed E-state index contributed by atoms with van der Waals surface area (Å²) in [6.45, 7) is 5.34. The Hall–Kier alpha value is -3.39. The minimum absolute atomic E-state index is 0.00331. The number of benzene rings is 2. The third-order valence-corrected chi connectivity index (χ3v) is 6.90. The number of amides is 3. The number of nitrogens with one attached hydrogen (secondary N) is 2. The number of hydrogen-bond donors (Lipinski definition) is 3. The average Bonchev–Trinajstić information content (AvgIpc) is 2.93. The summed E-state index contributed by atoms with van der Waals surface area (Å²) in [4.78, 5) is 51.4. The van der Waals surface area contributed by atoms with Crippen molar-refractivity contribution < 1.29 is 38.5 Å². The number of hydrogen-bond acceptors (Lipinski definition) is 7. The smallest absolute Gasteiger partial charge is 0.415 e. The summed E-state index contributed by atoms with van der Waals surface area (Å²) in [6.07, 6.45) is -0.166. The van der Waals surface area contributed by atoms with E-state index in [0.717, 1.165) is 3.57 Å². The Balaban J connectivity index is 1.57. The highest BCUT2D eigenvalue weighted by atomic mass is 127. The number of carbonyl (C=O) groups excluding carboxylic acids is 3. The van der Waals surface area contributed by atoms with Gasteiger partial charge in [0.15, 0.2) is 6.61 Å². The van der Waals surface area contributed by atoms with Gasteiger partial charge < -0.3 is 34.9 Å². The van der Waals surface area contributed by atoms with Crippen molar-refractivity contribution in [3.05, 3.63) is 57.7 Å². The third-order valence-electron chi connectivity index (χ3n) is 6.01. The maximum atomic E-state index is 13.1. The Kier molecular flexibility index (Phi) is 12.0. The van der Waals surface area contributed by atoms with Gasteiger partial charge in [-0.05, 0) is 64.8 Å². The number of rotatable bonds is 12. The number of carbonyl (C=O) groups is 4. The number of para-hydroxylation sites is 1. The van der Waals surface area contributed by atoms with Crippen molar-refractivity contribution in [1.82, 2.24) is 15.5 Å². The minimum atomic E-state index is -1.23. The van der Waals surface area contributed by atoms with E-state index in [1.165, 1.54) is 0 Å². The van der Waals surface area contributed by atoms with Crippen molar-refractivity contribution in [2.45, 2.75) is 38.8 Å². The third kappa shape index (κ3) is 9.97. The van der Waals surface area contributed by atoms with Crippen molar-refractivity contribution in [2.24, 2.45) is 5.92 Å². The van der Waals surface area contributed by atoms with Crippen LogP contribution in [0, 0.1) is 9.49 Å². The summed E-state index contributed by atoms with van der Waals surface area (Å²) < 4.78 is 17.0. The van der Waals surface area contributed by atoms with Crippen LogP contribution in [-0.2, 0) is 25.5 Å². The van der Waals surface area contributed by atoms with Crippen LogP contribution in [0.4, 0.5) is 4.79 Å². The molecule has 1 saturated heterocycles. The van der Waals surface area contributed by atoms with Crippen molar-refractivity contribution in [1.29, 1.82) is 0 Å². The Bertz CT molecular complexity index is 1170. The van der Waals surface area contributed by atoms with Crippen LogP contribution in [0.2, 0.25) is 0 Å². The molecule has 2 aromatic rings. The molecule has 12 heteroatoms. The van der Waals surface area contributed by atoms with E-state index in [9.17, 15) is 24.3 Å². The fourth-order valence-corrected chi connectivity index (χ4v) is 4.50. The molecule has 1 aliphatic rings. The highest BCUT2D eigenvalue weighted by Crippen LogP contribution is 2.19. The van der Waals surface area contributed by atoms with E-state index >= 15 is 0 Å². The largest absolute Gasteiger partial charge is 0.483 e. The van der Waals surface area contributed by atoms with E-state index in [0.29, 0.717) is 49.8 Å². The van der Waals surface area contributed by atoms with Crippen LogP contribution < -0.4 is 20.1 Å². The molecule has 0 radical (unpaired) electrons. The summed E-state index contributed by atoms with van der Waals surface area (Å²) in [5.41, 5.74) is 0.620. The predicted molar refractivity (Wildman–Crippen MR) is 154 cm³/mol. The molecule has 0 aliphatic carbocycles. The zero-order chi connectivity index (χ0) is 29.1. The van der Waals surface area contributed by atoms with Crippen LogP contribution in [0.5, 0.6) is 11.5 Å². The van der Waals surface area contributed by atoms with E-state index in [1.54, 1.807) is 41.3 Å². The van der Waals surface area contributed by atoms with Gasteiger partial charge in [-0.1, -0.05) is 38.1 Å². The fraction of sp³-hybridized carbons (Fsp3) is 0.429. The van der Waals surface area contributed by atoms with Crippen LogP contribution in [0.1, 0.15) is 25.8 Å². The second-order valence-electron chi connectivity index (χ2n) is 9.68. The lowest BCUT2D eigenvalue weighted by atomic mass is 10.0. The number of carboxylic acids is 1. The molecule has 0 saturated carbocycles. The molecule has 1 fully saturated rings. The van der Waals surface area contributed by atoms with Gasteiger partial charge in [-0.3, -0.25) is 9.59 Å². The zero-order valence-electron chi connectivity index (χ0n) is 22.4. The van der Waals surface area contributed by atoms with Gasteiger partial charge >= 0.3 is 12.1 Å². The molecule has 3 amide bonds. The molecule has 3 rings (SSSR count). The van der Waals surface area contributed by atoms with Gasteiger partial charge in [0.2, 0.25) is 5.91 Å². The van der Waals surface area contributed by atoms with Crippen molar-refractivity contribution in [3.8, 4) is 11.5 Å². The van der Waals surface area contributed by atoms with Crippen molar-refractivity contribution >= 4 is 46.5 Å². The Labute approximate surface area is 246 Å². The van der Waals surface area contributed by atoms with E-state index in [1.807, 2.05) is 26.0 Å². The molecule has 216 valence electrons. The Morgan fingerprint density at radius 1 is 1.00 bits per heavy atom. The highest BCUT2D eigenvalue weighted by Gasteiger charge is 2.28. The summed E-state index contributed by atoms with van der Waals surface area (Å²) in [5.74, 6) is -1.37. The molecule has 11 nitrogen and oxygen atoms in total. The molecular weight excluding hydrogens is 633 g/mol. The van der Waals surface area contributed by atoms with Gasteiger partial charge in [-0.2, -0.15) is 0 Å². The zero-order valence-corrected chi connectivity index (χ0v) is 24.6. The lowest BCUT2D eigenvalue weighted by Gasteiger charge is -2.25. The van der Waals surface area contributed by atoms with Crippen LogP contribution >= 0.6 is 22.6 Å². The summed E-state index contributed by atoms with van der Waals surface area (Å²) in [6, 6.07) is 11.5. The highest BCUT2D eigenvalue weighted by molar-refractivity contribution is 14.1. The molecule has 2 aromatic carbocycles. The van der Waals surface area contributed by atoms with Crippen molar-refractivity contribution in [3.63, 3.8) is 0 Å². The number of halogens is 1. The number of carboxylic acid groups (broad SMARTS) is 1. The number of nitrogens with zero attached hydrogens (tertiary/aromatic N) is 1. The van der Waals surface area contributed by atoms with E-state index < -0.39 is 36.0 Å². The second kappa shape index (κ2) is 15.4. The lowest BCUT2D eigenvalue weighted by Crippen LogP contribution is -2.53. The van der Waals surface area contributed by atoms with Crippen molar-refractivity contribution in [2.75, 3.05) is 32.9 Å². The molecule has 0 aromatic heterocycles. The van der Waals surface area contributed by atoms with Gasteiger partial charge in [-0.15, -0.1) is 0 Å². The van der Waals surface area contributed by atoms with E-state index in [4.69, 9.17) is 14.2 Å². The first-order valence-corrected chi connectivity index (χ1v) is 14.0. The first-order chi connectivity index (χ1) is 19.1. The van der Waals surface area contributed by atoms with Crippen LogP contribution in [-0.4, -0.2) is 78.9 Å². The lowest BCUT2D eigenvalue weighted by molar-refractivity contribution is -0.142. The first kappa shape index (κ1) is 31.1. The van der Waals surface area contributed by atoms with Gasteiger partial charge in [0.25, 0.3) is 5.91 Å². The number of aliphatic carboxylic acids is 1. The fourth-order valence-electron chi connectivity index (χ4n) is 3.96. The Morgan fingerprint density at radius 2 is 1.68 bits per heavy atom. The maximum Gasteiger partial charge on any atom is 0.415 e. The van der Waals surface area contributed by atoms with Crippen LogP contribution in [0.3, 0.4) is 0 Å². The van der Waals surface area contributed by atoms with Crippen LogP contribution in [0.25, 0.3) is 0 Å². The monoisotopic (exact) mass is 667 g/mol. The first-order valence-electron chi connectivity index (χ1n) is 13.0. The van der Waals surface area contributed by atoms with Crippen LogP contribution in [0.15, 0.2) is 48.5 Å². The SMILES string of the molecule is CC(C)CC(NC(=O)COc1ccccc1I)C(=O)NC(Cc1ccc(OC(=O)N2CCOCC2)cc1)C(=O)O. The summed E-state index contributed by atoms with van der Waals surface area (Å²) in [7, 11) is 0. The molecule has 0 spiro atoms. The van der Waals surface area contributed by atoms with Gasteiger partial charge in [0, 0.05) is 19.5 Å². The predicted octanol–water partition coefficient (Wildman–Crippen LogP) is 2.84. The maximum absolute atomic E-state index is 13.1. The molecular formula is C28H34IN3O8. The standard InChI is InChI=1S/C28H34IN3O8/c1-18(2)15-22(30-25(33)17-39-24-6-4-3-5-21(24)29)26(34)31-23(27(35)36)16-19-7-9-20(10-8-19)40-28(37)32-11-13-38-14-12-32/h3-10,18,22-23H,11-17H2,1-2H3,(H,30,33)(H,31,34)(H,35,36). The summed E-state index contributed by atoms with van der Waals surface area (Å²) >= 11 is 2.10. The molecule has 2 unspecified atom stereocenters. The molecule has 1 aliphatic heterocycles. The number of morpholine rings is 1. The second-order valence-corrected chi connectivity index (χ2v) is 10.8. The van der Waals surface area contributed by atoms with Gasteiger partial charge in [-0.25, -0.2) is 9.59 Å². The molecule has 2 atom stereocenters. The normalized spacial score (nSPS) is 14.7. The minimum Gasteiger partial charge on any atom is -0.483 e. The quantitative estimate of drug-likeness (QED) is 0.294. The van der Waals surface area contributed by atoms with E-state index in [2.05, 4.69) is 33.2 Å². The Morgan fingerprint density at radius 3 is 2.30 bits per heavy atom.